The molecule has 112 valence electrons. The molecule has 0 fully saturated rings. The van der Waals surface area contributed by atoms with Gasteiger partial charge in [-0.15, -0.1) is 0 Å². The molecule has 0 aliphatic carbocycles. The topological polar surface area (TPSA) is 58.3 Å². The van der Waals surface area contributed by atoms with E-state index in [9.17, 15) is 5.11 Å². The molecule has 4 nitrogen and oxygen atoms in total. The molecule has 0 bridgehead atoms. The second-order valence-corrected chi connectivity index (χ2v) is 5.09. The molecule has 1 atom stereocenters. The molecule has 2 rings (SSSR count). The monoisotopic (exact) mass is 286 g/mol. The summed E-state index contributed by atoms with van der Waals surface area (Å²) in [5.41, 5.74) is 4.08. The van der Waals surface area contributed by atoms with Crippen LogP contribution in [0.3, 0.4) is 0 Å². The fraction of sp³-hybridized carbons (Fsp3) is 0.353. The van der Waals surface area contributed by atoms with E-state index in [-0.39, 0.29) is 6.61 Å². The summed E-state index contributed by atoms with van der Waals surface area (Å²) >= 11 is 0. The van der Waals surface area contributed by atoms with Crippen molar-refractivity contribution in [1.29, 1.82) is 0 Å². The van der Waals surface area contributed by atoms with Gasteiger partial charge in [0.1, 0.15) is 0 Å². The van der Waals surface area contributed by atoms with Gasteiger partial charge in [0.25, 0.3) is 0 Å². The predicted octanol–water partition coefficient (Wildman–Crippen LogP) is 2.72. The maximum absolute atomic E-state index is 9.71. The molecule has 0 amide bonds. The highest BCUT2D eigenvalue weighted by Gasteiger charge is 2.16. The van der Waals surface area contributed by atoms with E-state index in [0.717, 1.165) is 28.9 Å². The number of rotatable bonds is 6. The molecule has 0 saturated carbocycles. The molecule has 0 aliphatic rings. The van der Waals surface area contributed by atoms with Crippen molar-refractivity contribution < 1.29 is 10.2 Å². The van der Waals surface area contributed by atoms with Gasteiger partial charge >= 0.3 is 0 Å². The average Bonchev–Trinajstić information content (AvgIpc) is 2.92. The molecule has 0 radical (unpaired) electrons. The van der Waals surface area contributed by atoms with Gasteiger partial charge in [0.15, 0.2) is 0 Å². The van der Waals surface area contributed by atoms with Gasteiger partial charge in [-0.3, -0.25) is 0 Å². The lowest BCUT2D eigenvalue weighted by atomic mass is 10.0. The van der Waals surface area contributed by atoms with Crippen molar-refractivity contribution in [2.75, 3.05) is 6.61 Å². The van der Waals surface area contributed by atoms with Crippen molar-refractivity contribution in [2.24, 2.45) is 0 Å². The van der Waals surface area contributed by atoms with E-state index in [1.807, 2.05) is 34.9 Å². The van der Waals surface area contributed by atoms with E-state index >= 15 is 0 Å². The molecule has 0 aliphatic heterocycles. The number of imidazole rings is 1. The molecule has 0 saturated heterocycles. The van der Waals surface area contributed by atoms with Crippen LogP contribution in [0.25, 0.3) is 16.8 Å². The van der Waals surface area contributed by atoms with E-state index in [2.05, 4.69) is 24.9 Å². The van der Waals surface area contributed by atoms with Gasteiger partial charge in [0, 0.05) is 5.56 Å². The number of allylic oxidation sites excluding steroid dienone is 2. The molecule has 1 heterocycles. The summed E-state index contributed by atoms with van der Waals surface area (Å²) in [5.74, 6) is 0. The first kappa shape index (κ1) is 15.5. The Morgan fingerprint density at radius 1 is 1.33 bits per heavy atom. The van der Waals surface area contributed by atoms with E-state index < -0.39 is 6.10 Å². The number of aliphatic hydroxyl groups is 2. The second-order valence-electron chi connectivity index (χ2n) is 5.09. The first-order valence-corrected chi connectivity index (χ1v) is 7.24. The molecular formula is C17H22N2O2. The Bertz CT molecular complexity index is 603. The van der Waals surface area contributed by atoms with Crippen LogP contribution in [0, 0.1) is 0 Å². The first-order chi connectivity index (χ1) is 10.2. The van der Waals surface area contributed by atoms with Gasteiger partial charge in [-0.05, 0) is 18.9 Å². The van der Waals surface area contributed by atoms with Crippen LogP contribution < -0.4 is 0 Å². The van der Waals surface area contributed by atoms with E-state index in [4.69, 9.17) is 5.11 Å². The highest BCUT2D eigenvalue weighted by atomic mass is 16.3. The van der Waals surface area contributed by atoms with Crippen molar-refractivity contribution in [3.05, 3.63) is 48.4 Å². The molecule has 1 aromatic carbocycles. The van der Waals surface area contributed by atoms with Crippen LogP contribution in [0.1, 0.15) is 26.0 Å². The third kappa shape index (κ3) is 3.60. The summed E-state index contributed by atoms with van der Waals surface area (Å²) in [5, 5.41) is 18.8. The minimum atomic E-state index is -0.781. The summed E-state index contributed by atoms with van der Waals surface area (Å²) in [6, 6.07) is 10.00. The number of nitrogens with zero attached hydrogens (tertiary/aromatic N) is 2. The zero-order chi connectivity index (χ0) is 15.2. The van der Waals surface area contributed by atoms with Gasteiger partial charge in [-0.1, -0.05) is 43.3 Å². The van der Waals surface area contributed by atoms with Crippen LogP contribution in [0.4, 0.5) is 0 Å². The van der Waals surface area contributed by atoms with E-state index in [1.54, 1.807) is 6.33 Å². The second kappa shape index (κ2) is 7.20. The summed E-state index contributed by atoms with van der Waals surface area (Å²) in [4.78, 5) is 4.51. The lowest BCUT2D eigenvalue weighted by Crippen LogP contribution is -2.20. The maximum atomic E-state index is 9.71. The van der Waals surface area contributed by atoms with Crippen molar-refractivity contribution in [3.63, 3.8) is 0 Å². The van der Waals surface area contributed by atoms with Gasteiger partial charge < -0.3 is 14.8 Å². The lowest BCUT2D eigenvalue weighted by Gasteiger charge is -2.13. The summed E-state index contributed by atoms with van der Waals surface area (Å²) < 4.78 is 1.91. The van der Waals surface area contributed by atoms with Crippen LogP contribution >= 0.6 is 0 Å². The van der Waals surface area contributed by atoms with E-state index in [0.29, 0.717) is 6.54 Å². The number of hydrogen-bond acceptors (Lipinski definition) is 3. The quantitative estimate of drug-likeness (QED) is 0.858. The summed E-state index contributed by atoms with van der Waals surface area (Å²) in [6.45, 7) is 4.22. The normalized spacial score (nSPS) is 13.4. The maximum Gasteiger partial charge on any atom is 0.0959 e. The highest BCUT2D eigenvalue weighted by molar-refractivity contribution is 5.76. The van der Waals surface area contributed by atoms with E-state index in [1.165, 1.54) is 0 Å². The Labute approximate surface area is 125 Å². The van der Waals surface area contributed by atoms with Gasteiger partial charge in [-0.2, -0.15) is 0 Å². The van der Waals surface area contributed by atoms with Crippen molar-refractivity contribution >= 4 is 5.57 Å². The minimum absolute atomic E-state index is 0.255. The van der Waals surface area contributed by atoms with Crippen molar-refractivity contribution in [3.8, 4) is 11.3 Å². The number of aromatic nitrogens is 2. The standard InChI is InChI=1S/C17H22N2O2/c1-3-7-13(2)17-16(14-8-5-4-6-9-14)18-12-19(17)10-15(21)11-20/h4-9,12,15,20-21H,3,10-11H2,1-2H3/b13-7+/t15-/m0/s1. The Kier molecular flexibility index (Phi) is 5.31. The number of benzene rings is 1. The minimum Gasteiger partial charge on any atom is -0.394 e. The molecule has 0 unspecified atom stereocenters. The van der Waals surface area contributed by atoms with Crippen molar-refractivity contribution in [2.45, 2.75) is 32.9 Å². The van der Waals surface area contributed by atoms with Crippen LogP contribution in [-0.2, 0) is 6.54 Å². The summed E-state index contributed by atoms with van der Waals surface area (Å²) in [6.07, 6.45) is 4.03. The van der Waals surface area contributed by atoms with Gasteiger partial charge in [-0.25, -0.2) is 4.98 Å². The fourth-order valence-corrected chi connectivity index (χ4v) is 2.43. The Morgan fingerprint density at radius 2 is 2.05 bits per heavy atom. The predicted molar refractivity (Wildman–Crippen MR) is 84.7 cm³/mol. The van der Waals surface area contributed by atoms with Crippen molar-refractivity contribution in [1.82, 2.24) is 9.55 Å². The molecule has 0 spiro atoms. The smallest absolute Gasteiger partial charge is 0.0959 e. The van der Waals surface area contributed by atoms with Crippen LogP contribution in [0.5, 0.6) is 0 Å². The van der Waals surface area contributed by atoms with Gasteiger partial charge in [0.2, 0.25) is 0 Å². The lowest BCUT2D eigenvalue weighted by molar-refractivity contribution is 0.0810. The largest absolute Gasteiger partial charge is 0.394 e. The SMILES string of the molecule is CC/C=C(\C)c1c(-c2ccccc2)ncn1C[C@H](O)CO. The highest BCUT2D eigenvalue weighted by Crippen LogP contribution is 2.28. The van der Waals surface area contributed by atoms with Gasteiger partial charge in [0.05, 0.1) is 37.0 Å². The van der Waals surface area contributed by atoms with Crippen LogP contribution in [0.15, 0.2) is 42.7 Å². The summed E-state index contributed by atoms with van der Waals surface area (Å²) in [7, 11) is 0. The van der Waals surface area contributed by atoms with Crippen LogP contribution in [-0.4, -0.2) is 32.5 Å². The third-order valence-corrected chi connectivity index (χ3v) is 3.39. The first-order valence-electron chi connectivity index (χ1n) is 7.24. The Morgan fingerprint density at radius 3 is 2.67 bits per heavy atom. The molecule has 2 aromatic rings. The molecule has 1 aromatic heterocycles. The average molecular weight is 286 g/mol. The number of aliphatic hydroxyl groups excluding tert-OH is 2. The van der Waals surface area contributed by atoms with Crippen LogP contribution in [0.2, 0.25) is 0 Å². The molecule has 21 heavy (non-hydrogen) atoms. The Balaban J connectivity index is 2.49. The Hall–Kier alpha value is -1.91. The molecule has 4 heteroatoms. The third-order valence-electron chi connectivity index (χ3n) is 3.39. The molecular weight excluding hydrogens is 264 g/mol. The zero-order valence-corrected chi connectivity index (χ0v) is 12.5. The fourth-order valence-electron chi connectivity index (χ4n) is 2.43. The number of hydrogen-bond donors (Lipinski definition) is 2. The zero-order valence-electron chi connectivity index (χ0n) is 12.5. The molecule has 2 N–H and O–H groups in total.